The summed E-state index contributed by atoms with van der Waals surface area (Å²) in [5.74, 6) is 19.5. The molecule has 10 fully saturated rings. The van der Waals surface area contributed by atoms with Gasteiger partial charge in [0.05, 0.1) is 0 Å². The van der Waals surface area contributed by atoms with E-state index in [4.69, 9.17) is 0 Å². The van der Waals surface area contributed by atoms with E-state index in [1.807, 2.05) is 0 Å². The predicted octanol–water partition coefficient (Wildman–Crippen LogP) is 7.43. The largest absolute Gasteiger partial charge is 0.0527 e. The van der Waals surface area contributed by atoms with Crippen molar-refractivity contribution in [2.45, 2.75) is 89.9 Å². The van der Waals surface area contributed by atoms with Gasteiger partial charge < -0.3 is 0 Å². The van der Waals surface area contributed by atoms with Gasteiger partial charge in [0, 0.05) is 0 Å². The Hall–Kier alpha value is 0. The van der Waals surface area contributed by atoms with Gasteiger partial charge >= 0.3 is 0 Å². The molecule has 16 atom stereocenters. The molecular weight excluding hydrogens is 360 g/mol. The van der Waals surface area contributed by atoms with Crippen molar-refractivity contribution < 1.29 is 0 Å². The van der Waals surface area contributed by atoms with Gasteiger partial charge in [-0.3, -0.25) is 0 Å². The van der Waals surface area contributed by atoms with Gasteiger partial charge in [-0.1, -0.05) is 6.42 Å². The third kappa shape index (κ3) is 2.00. The zero-order chi connectivity index (χ0) is 19.1. The van der Waals surface area contributed by atoms with Crippen LogP contribution in [0.4, 0.5) is 0 Å². The molecule has 10 aliphatic rings. The van der Waals surface area contributed by atoms with Crippen LogP contribution in [0.15, 0.2) is 0 Å². The maximum absolute atomic E-state index is 1.68. The maximum atomic E-state index is 1.68. The lowest BCUT2D eigenvalue weighted by atomic mass is 9.64. The monoisotopic (exact) mass is 404 g/mol. The Morgan fingerprint density at radius 3 is 1.13 bits per heavy atom. The zero-order valence-electron chi connectivity index (χ0n) is 19.1. The molecule has 0 spiro atoms. The smallest absolute Gasteiger partial charge is 0.0321 e. The first-order valence-corrected chi connectivity index (χ1v) is 14.8. The summed E-state index contributed by atoms with van der Waals surface area (Å²) in [5, 5.41) is 0. The molecule has 0 heterocycles. The molecule has 0 aromatic rings. The fourth-order valence-electron chi connectivity index (χ4n) is 14.4. The summed E-state index contributed by atoms with van der Waals surface area (Å²) in [5.41, 5.74) is 0. The van der Waals surface area contributed by atoms with Crippen molar-refractivity contribution in [3.63, 3.8) is 0 Å². The first-order valence-electron chi connectivity index (χ1n) is 14.8. The molecule has 16 unspecified atom stereocenters. The van der Waals surface area contributed by atoms with Gasteiger partial charge in [-0.2, -0.15) is 0 Å². The van der Waals surface area contributed by atoms with E-state index in [0.717, 1.165) is 0 Å². The standard InChI is InChI=1S/2C15H22/c1-3-10-5-8(1)12-7-13-9-2-4-11(6-9)15(13)14(10)12;1-2-10-11(3-1)13-7-12(10)14-8-4-5-9(6-8)15(13)14/h2*8-15H,1-7H2. The molecule has 0 radical (unpaired) electrons. The summed E-state index contributed by atoms with van der Waals surface area (Å²) in [4.78, 5) is 0. The molecule has 0 nitrogen and oxygen atoms in total. The van der Waals surface area contributed by atoms with Gasteiger partial charge in [-0.25, -0.2) is 0 Å². The van der Waals surface area contributed by atoms with Crippen LogP contribution in [-0.2, 0) is 0 Å². The lowest BCUT2D eigenvalue weighted by Crippen LogP contribution is -2.35. The fraction of sp³-hybridized carbons (Fsp3) is 1.00. The van der Waals surface area contributed by atoms with Gasteiger partial charge in [0.2, 0.25) is 0 Å². The number of fused-ring (bicyclic) bond motifs is 23. The molecule has 0 aliphatic heterocycles. The summed E-state index contributed by atoms with van der Waals surface area (Å²) < 4.78 is 0. The average molecular weight is 405 g/mol. The first kappa shape index (κ1) is 17.5. The van der Waals surface area contributed by atoms with Crippen LogP contribution in [-0.4, -0.2) is 0 Å². The molecule has 0 amide bonds. The molecule has 0 heteroatoms. The third-order valence-electron chi connectivity index (χ3n) is 14.6. The Labute approximate surface area is 184 Å². The minimum atomic E-state index is 1.20. The third-order valence-corrected chi connectivity index (χ3v) is 14.6. The van der Waals surface area contributed by atoms with Crippen LogP contribution in [0.5, 0.6) is 0 Å². The van der Waals surface area contributed by atoms with E-state index in [-0.39, 0.29) is 0 Å². The number of rotatable bonds is 0. The highest BCUT2D eigenvalue weighted by Crippen LogP contribution is 2.73. The lowest BCUT2D eigenvalue weighted by Gasteiger charge is -2.40. The van der Waals surface area contributed by atoms with E-state index in [0.29, 0.717) is 0 Å². The van der Waals surface area contributed by atoms with Crippen LogP contribution in [0, 0.1) is 94.7 Å². The van der Waals surface area contributed by atoms with Gasteiger partial charge in [0.25, 0.3) is 0 Å². The molecule has 10 aliphatic carbocycles. The van der Waals surface area contributed by atoms with E-state index in [1.165, 1.54) is 94.7 Å². The Kier molecular flexibility index (Phi) is 3.44. The van der Waals surface area contributed by atoms with Crippen molar-refractivity contribution >= 4 is 0 Å². The number of hydrogen-bond acceptors (Lipinski definition) is 0. The van der Waals surface area contributed by atoms with Gasteiger partial charge in [-0.15, -0.1) is 0 Å². The zero-order valence-corrected chi connectivity index (χ0v) is 19.1. The summed E-state index contributed by atoms with van der Waals surface area (Å²) in [6.45, 7) is 0. The Morgan fingerprint density at radius 1 is 0.267 bits per heavy atom. The van der Waals surface area contributed by atoms with Crippen molar-refractivity contribution in [1.29, 1.82) is 0 Å². The Balaban J connectivity index is 0.0000000963. The van der Waals surface area contributed by atoms with Gasteiger partial charge in [0.1, 0.15) is 0 Å². The van der Waals surface area contributed by atoms with E-state index < -0.39 is 0 Å². The molecule has 0 N–H and O–H groups in total. The minimum Gasteiger partial charge on any atom is -0.0527 e. The predicted molar refractivity (Wildman–Crippen MR) is 120 cm³/mol. The lowest BCUT2D eigenvalue weighted by molar-refractivity contribution is 0.0716. The fourth-order valence-corrected chi connectivity index (χ4v) is 14.4. The molecule has 0 aromatic heterocycles. The van der Waals surface area contributed by atoms with Crippen LogP contribution in [0.25, 0.3) is 0 Å². The van der Waals surface area contributed by atoms with Crippen LogP contribution >= 0.6 is 0 Å². The Morgan fingerprint density at radius 2 is 0.633 bits per heavy atom. The van der Waals surface area contributed by atoms with Gasteiger partial charge in [0.15, 0.2) is 0 Å². The molecular formula is C30H44. The second kappa shape index (κ2) is 5.91. The molecule has 10 rings (SSSR count). The quantitative estimate of drug-likeness (QED) is 0.368. The Bertz CT molecular complexity index is 680. The molecule has 0 saturated heterocycles. The molecule has 0 aromatic carbocycles. The average Bonchev–Trinajstić information content (AvgIpc) is 3.63. The summed E-state index contributed by atoms with van der Waals surface area (Å²) >= 11 is 0. The highest BCUT2D eigenvalue weighted by Gasteiger charge is 2.66. The maximum Gasteiger partial charge on any atom is -0.0321 e. The highest BCUT2D eigenvalue weighted by atomic mass is 14.7. The highest BCUT2D eigenvalue weighted by molar-refractivity contribution is 5.14. The molecule has 164 valence electrons. The van der Waals surface area contributed by atoms with Crippen LogP contribution in [0.2, 0.25) is 0 Å². The molecule has 30 heavy (non-hydrogen) atoms. The van der Waals surface area contributed by atoms with Gasteiger partial charge in [-0.05, 0) is 178 Å². The van der Waals surface area contributed by atoms with E-state index in [9.17, 15) is 0 Å². The van der Waals surface area contributed by atoms with Crippen LogP contribution in [0.3, 0.4) is 0 Å². The normalized spacial score (nSPS) is 68.8. The first-order chi connectivity index (χ1) is 14.8. The number of hydrogen-bond donors (Lipinski definition) is 0. The molecule has 10 saturated carbocycles. The van der Waals surface area contributed by atoms with Crippen molar-refractivity contribution in [1.82, 2.24) is 0 Å². The van der Waals surface area contributed by atoms with E-state index in [1.54, 1.807) is 89.9 Å². The van der Waals surface area contributed by atoms with E-state index >= 15 is 0 Å². The summed E-state index contributed by atoms with van der Waals surface area (Å²) in [7, 11) is 0. The van der Waals surface area contributed by atoms with Crippen LogP contribution < -0.4 is 0 Å². The van der Waals surface area contributed by atoms with Crippen molar-refractivity contribution in [2.24, 2.45) is 94.7 Å². The minimum absolute atomic E-state index is 1.20. The second-order valence-corrected chi connectivity index (χ2v) is 14.7. The SMILES string of the molecule is C1CC2C(C1)C1CC2C2C3CCC(C3)C12.C1CC2CC1C1CC3C4CCC(C4)C3C21. The molecule has 8 bridgehead atoms. The summed E-state index contributed by atoms with van der Waals surface area (Å²) in [6.07, 6.45) is 22.8. The van der Waals surface area contributed by atoms with Crippen LogP contribution in [0.1, 0.15) is 89.9 Å². The topological polar surface area (TPSA) is 0 Å². The van der Waals surface area contributed by atoms with Crippen molar-refractivity contribution in [3.05, 3.63) is 0 Å². The van der Waals surface area contributed by atoms with Crippen molar-refractivity contribution in [3.8, 4) is 0 Å². The summed E-state index contributed by atoms with van der Waals surface area (Å²) in [6, 6.07) is 0. The van der Waals surface area contributed by atoms with Crippen molar-refractivity contribution in [2.75, 3.05) is 0 Å². The van der Waals surface area contributed by atoms with E-state index in [2.05, 4.69) is 0 Å². The second-order valence-electron chi connectivity index (χ2n) is 14.7.